The molecule has 2 nitrogen and oxygen atoms in total. The molecule has 0 spiro atoms. The molecule has 0 aromatic carbocycles. The Morgan fingerprint density at radius 3 is 2.71 bits per heavy atom. The van der Waals surface area contributed by atoms with E-state index in [1.165, 1.54) is 70.0 Å². The summed E-state index contributed by atoms with van der Waals surface area (Å²) in [4.78, 5) is 2.64. The van der Waals surface area contributed by atoms with Crippen molar-refractivity contribution in [2.75, 3.05) is 26.3 Å². The van der Waals surface area contributed by atoms with Gasteiger partial charge >= 0.3 is 0 Å². The van der Waals surface area contributed by atoms with E-state index in [0.29, 0.717) is 6.04 Å². The molecule has 120 valence electrons. The van der Waals surface area contributed by atoms with Gasteiger partial charge in [-0.05, 0) is 70.4 Å². The van der Waals surface area contributed by atoms with E-state index in [9.17, 15) is 0 Å². The molecule has 2 aliphatic rings. The van der Waals surface area contributed by atoms with Gasteiger partial charge in [0, 0.05) is 12.6 Å². The molecule has 2 fully saturated rings. The van der Waals surface area contributed by atoms with E-state index < -0.39 is 0 Å². The molecule has 0 bridgehead atoms. The van der Waals surface area contributed by atoms with Gasteiger partial charge in [-0.25, -0.2) is 0 Å². The first-order valence-electron chi connectivity index (χ1n) is 8.94. The fourth-order valence-electron chi connectivity index (χ4n) is 3.52. The molecular weight excluding hydrogens is 258 g/mol. The molecule has 0 aromatic heterocycles. The summed E-state index contributed by atoms with van der Waals surface area (Å²) in [5.74, 6) is 0.811. The number of unbranched alkanes of at least 4 members (excludes halogenated alkanes) is 1. The van der Waals surface area contributed by atoms with E-state index in [0.717, 1.165) is 19.1 Å². The summed E-state index contributed by atoms with van der Waals surface area (Å²) in [7, 11) is 0. The van der Waals surface area contributed by atoms with Crippen molar-refractivity contribution in [3.63, 3.8) is 0 Å². The molecule has 1 saturated carbocycles. The maximum absolute atomic E-state index is 5.54. The minimum absolute atomic E-state index is 0.679. The quantitative estimate of drug-likeness (QED) is 0.480. The molecule has 21 heavy (non-hydrogen) atoms. The zero-order valence-corrected chi connectivity index (χ0v) is 13.9. The van der Waals surface area contributed by atoms with Crippen LogP contribution < -0.4 is 0 Å². The molecule has 0 aromatic rings. The first-order valence-corrected chi connectivity index (χ1v) is 8.94. The van der Waals surface area contributed by atoms with Crippen molar-refractivity contribution in [1.82, 2.24) is 4.90 Å². The number of allylic oxidation sites excluding steroid dienone is 3. The molecule has 1 aliphatic carbocycles. The second-order valence-electron chi connectivity index (χ2n) is 6.71. The number of ether oxygens (including phenoxy) is 1. The van der Waals surface area contributed by atoms with Gasteiger partial charge in [0.15, 0.2) is 0 Å². The number of rotatable bonds is 8. The van der Waals surface area contributed by atoms with Crippen LogP contribution in [0.1, 0.15) is 58.3 Å². The minimum Gasteiger partial charge on any atom is -0.380 e. The Kier molecular flexibility index (Phi) is 7.52. The number of hydrogen-bond acceptors (Lipinski definition) is 2. The van der Waals surface area contributed by atoms with Crippen molar-refractivity contribution in [2.24, 2.45) is 5.92 Å². The molecule has 0 N–H and O–H groups in total. The van der Waals surface area contributed by atoms with Crippen molar-refractivity contribution in [2.45, 2.75) is 64.3 Å². The maximum atomic E-state index is 5.54. The third kappa shape index (κ3) is 5.96. The number of nitrogens with zero attached hydrogens (tertiary/aromatic N) is 1. The second kappa shape index (κ2) is 9.42. The van der Waals surface area contributed by atoms with Crippen LogP contribution in [0.15, 0.2) is 24.3 Å². The smallest absolute Gasteiger partial charge is 0.0622 e. The lowest BCUT2D eigenvalue weighted by atomic mass is 9.86. The summed E-state index contributed by atoms with van der Waals surface area (Å²) in [6.45, 7) is 10.7. The largest absolute Gasteiger partial charge is 0.380 e. The summed E-state index contributed by atoms with van der Waals surface area (Å²) >= 11 is 0. The van der Waals surface area contributed by atoms with Gasteiger partial charge in [-0.15, -0.1) is 0 Å². The Morgan fingerprint density at radius 1 is 1.24 bits per heavy atom. The van der Waals surface area contributed by atoms with Gasteiger partial charge in [0.05, 0.1) is 6.61 Å². The Balaban J connectivity index is 1.61. The molecule has 1 heterocycles. The van der Waals surface area contributed by atoms with Crippen molar-refractivity contribution in [1.29, 1.82) is 0 Å². The summed E-state index contributed by atoms with van der Waals surface area (Å²) < 4.78 is 5.54. The summed E-state index contributed by atoms with van der Waals surface area (Å²) in [5, 5.41) is 0. The van der Waals surface area contributed by atoms with E-state index in [1.54, 1.807) is 0 Å². The Hall–Kier alpha value is -0.600. The van der Waals surface area contributed by atoms with Crippen LogP contribution >= 0.6 is 0 Å². The van der Waals surface area contributed by atoms with E-state index in [-0.39, 0.29) is 0 Å². The van der Waals surface area contributed by atoms with Crippen LogP contribution in [-0.4, -0.2) is 37.2 Å². The summed E-state index contributed by atoms with van der Waals surface area (Å²) in [6, 6.07) is 0.679. The fraction of sp³-hybridized carbons (Fsp3) is 0.789. The van der Waals surface area contributed by atoms with Gasteiger partial charge in [0.2, 0.25) is 0 Å². The van der Waals surface area contributed by atoms with Gasteiger partial charge in [0.1, 0.15) is 0 Å². The van der Waals surface area contributed by atoms with Crippen molar-refractivity contribution < 1.29 is 4.74 Å². The van der Waals surface area contributed by atoms with E-state index in [2.05, 4.69) is 30.6 Å². The van der Waals surface area contributed by atoms with Gasteiger partial charge in [-0.1, -0.05) is 31.2 Å². The first-order chi connectivity index (χ1) is 10.3. The van der Waals surface area contributed by atoms with Crippen LogP contribution in [0.4, 0.5) is 0 Å². The molecule has 1 aliphatic heterocycles. The average Bonchev–Trinajstić information content (AvgIpc) is 3.02. The zero-order chi connectivity index (χ0) is 14.9. The normalized spacial score (nSPS) is 24.5. The maximum Gasteiger partial charge on any atom is 0.0622 e. The minimum atomic E-state index is 0.679. The van der Waals surface area contributed by atoms with E-state index in [4.69, 9.17) is 4.74 Å². The lowest BCUT2D eigenvalue weighted by Crippen LogP contribution is -2.37. The average molecular weight is 291 g/mol. The highest BCUT2D eigenvalue weighted by Gasteiger charge is 2.21. The van der Waals surface area contributed by atoms with Crippen molar-refractivity contribution in [3.05, 3.63) is 24.3 Å². The highest BCUT2D eigenvalue weighted by atomic mass is 16.5. The van der Waals surface area contributed by atoms with Gasteiger partial charge < -0.3 is 4.74 Å². The van der Waals surface area contributed by atoms with Crippen LogP contribution in [0, 0.1) is 5.92 Å². The predicted molar refractivity (Wildman–Crippen MR) is 90.6 cm³/mol. The topological polar surface area (TPSA) is 12.5 Å². The highest BCUT2D eigenvalue weighted by molar-refractivity contribution is 5.02. The lowest BCUT2D eigenvalue weighted by molar-refractivity contribution is 0.142. The van der Waals surface area contributed by atoms with Gasteiger partial charge in [-0.3, -0.25) is 4.90 Å². The van der Waals surface area contributed by atoms with Crippen molar-refractivity contribution >= 4 is 0 Å². The van der Waals surface area contributed by atoms with Crippen LogP contribution in [0.3, 0.4) is 0 Å². The van der Waals surface area contributed by atoms with Crippen molar-refractivity contribution in [3.8, 4) is 0 Å². The lowest BCUT2D eigenvalue weighted by Gasteiger charge is -2.27. The van der Waals surface area contributed by atoms with Crippen LogP contribution in [-0.2, 0) is 4.74 Å². The Labute approximate surface area is 131 Å². The Bertz CT molecular complexity index is 320. The predicted octanol–water partition coefficient (Wildman–Crippen LogP) is 4.57. The first kappa shape index (κ1) is 16.8. The van der Waals surface area contributed by atoms with Gasteiger partial charge in [0.25, 0.3) is 0 Å². The molecule has 0 radical (unpaired) electrons. The third-order valence-corrected chi connectivity index (χ3v) is 4.89. The van der Waals surface area contributed by atoms with Crippen LogP contribution in [0.25, 0.3) is 0 Å². The number of hydrogen-bond donors (Lipinski definition) is 0. The molecular formula is C19H33NO. The zero-order valence-electron chi connectivity index (χ0n) is 13.9. The molecule has 2 rings (SSSR count). The van der Waals surface area contributed by atoms with E-state index in [1.807, 2.05) is 0 Å². The van der Waals surface area contributed by atoms with Crippen LogP contribution in [0.5, 0.6) is 0 Å². The third-order valence-electron chi connectivity index (χ3n) is 4.89. The van der Waals surface area contributed by atoms with Gasteiger partial charge in [-0.2, -0.15) is 0 Å². The molecule has 1 saturated heterocycles. The second-order valence-corrected chi connectivity index (χ2v) is 6.71. The van der Waals surface area contributed by atoms with Crippen LogP contribution in [0.2, 0.25) is 0 Å². The molecule has 0 amide bonds. The fourth-order valence-corrected chi connectivity index (χ4v) is 3.52. The molecule has 1 unspecified atom stereocenters. The standard InChI is InChI=1S/C19H33NO/c1-3-13-20(19-12-15-21-16-19)14-6-4-5-7-18-10-8-17(2)9-11-18/h5,7,18-19H,2-4,6,8-16H2,1H3/b7-5+. The summed E-state index contributed by atoms with van der Waals surface area (Å²) in [5.41, 5.74) is 1.45. The monoisotopic (exact) mass is 291 g/mol. The summed E-state index contributed by atoms with van der Waals surface area (Å²) in [6.07, 6.45) is 15.0. The van der Waals surface area contributed by atoms with E-state index >= 15 is 0 Å². The molecule has 2 heteroatoms. The SMILES string of the molecule is C=C1CCC(/C=C/CCCN(CCC)C2CCOC2)CC1. The highest BCUT2D eigenvalue weighted by Crippen LogP contribution is 2.27. The Morgan fingerprint density at radius 2 is 2.05 bits per heavy atom. The molecule has 1 atom stereocenters.